The molecule has 1 aliphatic heterocycles. The minimum atomic E-state index is -0.866. The Hall–Kier alpha value is -0.700. The number of hydrogen-bond acceptors (Lipinski definition) is 5. The van der Waals surface area contributed by atoms with Crippen molar-refractivity contribution in [2.75, 3.05) is 6.54 Å². The standard InChI is InChI=1S/C12H10BrNO3S3/c13-9-4-3-7(19-9)6-8-11(17)14(12(18)20-8)5-1-2-10(15)16/h3-4,6H,1-2,5H2,(H,15,16)/b8-6-. The Bertz CT molecular complexity index is 597. The molecule has 0 atom stereocenters. The van der Waals surface area contributed by atoms with Crippen molar-refractivity contribution in [3.63, 3.8) is 0 Å². The fraction of sp³-hybridized carbons (Fsp3) is 0.250. The van der Waals surface area contributed by atoms with E-state index in [1.54, 1.807) is 0 Å². The third kappa shape index (κ3) is 3.91. The number of carboxylic acids is 1. The van der Waals surface area contributed by atoms with E-state index < -0.39 is 5.97 Å². The molecule has 2 heterocycles. The van der Waals surface area contributed by atoms with Gasteiger partial charge >= 0.3 is 5.97 Å². The van der Waals surface area contributed by atoms with Gasteiger partial charge in [-0.1, -0.05) is 24.0 Å². The van der Waals surface area contributed by atoms with Gasteiger partial charge in [0.15, 0.2) is 0 Å². The summed E-state index contributed by atoms with van der Waals surface area (Å²) < 4.78 is 1.49. The van der Waals surface area contributed by atoms with Gasteiger partial charge in [0, 0.05) is 17.8 Å². The minimum absolute atomic E-state index is 0.0357. The monoisotopic (exact) mass is 391 g/mol. The minimum Gasteiger partial charge on any atom is -0.481 e. The van der Waals surface area contributed by atoms with E-state index in [1.807, 2.05) is 18.2 Å². The Morgan fingerprint density at radius 3 is 2.85 bits per heavy atom. The Morgan fingerprint density at radius 1 is 1.50 bits per heavy atom. The van der Waals surface area contributed by atoms with Crippen molar-refractivity contribution < 1.29 is 14.7 Å². The number of hydrogen-bond donors (Lipinski definition) is 1. The molecule has 1 N–H and O–H groups in total. The Labute approximate surface area is 138 Å². The number of thiocarbonyl (C=S) groups is 1. The van der Waals surface area contributed by atoms with Crippen LogP contribution in [0.25, 0.3) is 6.08 Å². The van der Waals surface area contributed by atoms with Gasteiger partial charge in [-0.3, -0.25) is 14.5 Å². The molecule has 1 aliphatic rings. The van der Waals surface area contributed by atoms with Crippen LogP contribution in [0.15, 0.2) is 20.8 Å². The summed E-state index contributed by atoms with van der Waals surface area (Å²) in [6.45, 7) is 0.350. The van der Waals surface area contributed by atoms with Crippen LogP contribution in [0.4, 0.5) is 0 Å². The van der Waals surface area contributed by atoms with Gasteiger partial charge < -0.3 is 5.11 Å². The highest BCUT2D eigenvalue weighted by Gasteiger charge is 2.31. The smallest absolute Gasteiger partial charge is 0.303 e. The summed E-state index contributed by atoms with van der Waals surface area (Å²) in [7, 11) is 0. The molecule has 0 saturated carbocycles. The number of carboxylic acid groups (broad SMARTS) is 1. The molecule has 1 amide bonds. The predicted octanol–water partition coefficient (Wildman–Crippen LogP) is 3.58. The molecule has 1 fully saturated rings. The predicted molar refractivity (Wildman–Crippen MR) is 88.8 cm³/mol. The first-order valence-corrected chi connectivity index (χ1v) is 8.53. The van der Waals surface area contributed by atoms with Crippen molar-refractivity contribution >= 4 is 73.5 Å². The van der Waals surface area contributed by atoms with Crippen molar-refractivity contribution in [1.82, 2.24) is 4.90 Å². The van der Waals surface area contributed by atoms with Crippen LogP contribution in [0.3, 0.4) is 0 Å². The van der Waals surface area contributed by atoms with E-state index in [9.17, 15) is 9.59 Å². The van der Waals surface area contributed by atoms with Crippen molar-refractivity contribution in [3.8, 4) is 0 Å². The normalized spacial score (nSPS) is 17.2. The lowest BCUT2D eigenvalue weighted by molar-refractivity contribution is -0.137. The second-order valence-electron chi connectivity index (χ2n) is 3.97. The zero-order chi connectivity index (χ0) is 14.7. The molecular weight excluding hydrogens is 382 g/mol. The van der Waals surface area contributed by atoms with Gasteiger partial charge in [-0.25, -0.2) is 0 Å². The maximum Gasteiger partial charge on any atom is 0.303 e. The summed E-state index contributed by atoms with van der Waals surface area (Å²) in [5, 5.41) is 8.61. The number of carbonyl (C=O) groups excluding carboxylic acids is 1. The number of amides is 1. The van der Waals surface area contributed by atoms with Crippen LogP contribution in [-0.2, 0) is 9.59 Å². The summed E-state index contributed by atoms with van der Waals surface area (Å²) in [6, 6.07) is 3.84. The molecule has 8 heteroatoms. The molecule has 0 radical (unpaired) electrons. The van der Waals surface area contributed by atoms with Crippen LogP contribution in [-0.4, -0.2) is 32.7 Å². The van der Waals surface area contributed by atoms with E-state index in [-0.39, 0.29) is 12.3 Å². The molecule has 1 saturated heterocycles. The lowest BCUT2D eigenvalue weighted by Crippen LogP contribution is -2.29. The molecule has 0 aliphatic carbocycles. The third-order valence-electron chi connectivity index (χ3n) is 2.51. The van der Waals surface area contributed by atoms with E-state index >= 15 is 0 Å². The number of aliphatic carboxylic acids is 1. The van der Waals surface area contributed by atoms with Gasteiger partial charge in [0.25, 0.3) is 5.91 Å². The van der Waals surface area contributed by atoms with Crippen LogP contribution < -0.4 is 0 Å². The van der Waals surface area contributed by atoms with Crippen LogP contribution in [0, 0.1) is 0 Å². The zero-order valence-corrected chi connectivity index (χ0v) is 14.2. The second kappa shape index (κ2) is 6.84. The fourth-order valence-electron chi connectivity index (χ4n) is 1.62. The van der Waals surface area contributed by atoms with E-state index in [0.717, 1.165) is 8.66 Å². The molecular formula is C12H10BrNO3S3. The van der Waals surface area contributed by atoms with Gasteiger partial charge in [0.05, 0.1) is 8.69 Å². The van der Waals surface area contributed by atoms with Crippen LogP contribution >= 0.6 is 51.2 Å². The lowest BCUT2D eigenvalue weighted by atomic mass is 10.3. The Balaban J connectivity index is 2.04. The average Bonchev–Trinajstić information content (AvgIpc) is 2.88. The maximum atomic E-state index is 12.2. The first-order chi connectivity index (χ1) is 9.47. The van der Waals surface area contributed by atoms with E-state index in [2.05, 4.69) is 15.9 Å². The number of carbonyl (C=O) groups is 2. The Morgan fingerprint density at radius 2 is 2.25 bits per heavy atom. The number of thioether (sulfide) groups is 1. The van der Waals surface area contributed by atoms with Gasteiger partial charge in [-0.05, 0) is 40.6 Å². The topological polar surface area (TPSA) is 57.6 Å². The molecule has 0 unspecified atom stereocenters. The van der Waals surface area contributed by atoms with Crippen molar-refractivity contribution in [1.29, 1.82) is 0 Å². The van der Waals surface area contributed by atoms with Crippen molar-refractivity contribution in [2.45, 2.75) is 12.8 Å². The molecule has 20 heavy (non-hydrogen) atoms. The average molecular weight is 392 g/mol. The quantitative estimate of drug-likeness (QED) is 0.613. The molecule has 0 spiro atoms. The highest BCUT2D eigenvalue weighted by molar-refractivity contribution is 9.11. The maximum absolute atomic E-state index is 12.2. The molecule has 0 aromatic carbocycles. The SMILES string of the molecule is O=C(O)CCCN1C(=O)/C(=C/c2ccc(Br)s2)SC1=S. The summed E-state index contributed by atoms with van der Waals surface area (Å²) in [4.78, 5) is 25.7. The molecule has 1 aromatic heterocycles. The van der Waals surface area contributed by atoms with Crippen LogP contribution in [0.5, 0.6) is 0 Å². The summed E-state index contributed by atoms with van der Waals surface area (Å²) in [6.07, 6.45) is 2.25. The largest absolute Gasteiger partial charge is 0.481 e. The third-order valence-corrected chi connectivity index (χ3v) is 5.46. The van der Waals surface area contributed by atoms with Crippen molar-refractivity contribution in [2.24, 2.45) is 0 Å². The highest BCUT2D eigenvalue weighted by Crippen LogP contribution is 2.34. The summed E-state index contributed by atoms with van der Waals surface area (Å²) in [5.41, 5.74) is 0. The number of thiophene rings is 1. The van der Waals surface area contributed by atoms with Crippen molar-refractivity contribution in [3.05, 3.63) is 25.7 Å². The first-order valence-electron chi connectivity index (χ1n) is 5.70. The molecule has 4 nitrogen and oxygen atoms in total. The number of nitrogens with zero attached hydrogens (tertiary/aromatic N) is 1. The number of halogens is 1. The van der Waals surface area contributed by atoms with E-state index in [1.165, 1.54) is 28.0 Å². The summed E-state index contributed by atoms with van der Waals surface area (Å²) >= 11 is 11.3. The zero-order valence-electron chi connectivity index (χ0n) is 10.2. The number of rotatable bonds is 5. The van der Waals surface area contributed by atoms with Gasteiger partial charge in [0.2, 0.25) is 0 Å². The molecule has 1 aromatic rings. The molecule has 106 valence electrons. The van der Waals surface area contributed by atoms with Crippen LogP contribution in [0.1, 0.15) is 17.7 Å². The fourth-order valence-corrected chi connectivity index (χ4v) is 4.36. The lowest BCUT2D eigenvalue weighted by Gasteiger charge is -2.13. The molecule has 2 rings (SSSR count). The van der Waals surface area contributed by atoms with E-state index in [4.69, 9.17) is 17.3 Å². The van der Waals surface area contributed by atoms with E-state index in [0.29, 0.717) is 22.2 Å². The second-order valence-corrected chi connectivity index (χ2v) is 8.14. The Kier molecular flexibility index (Phi) is 5.36. The van der Waals surface area contributed by atoms with Gasteiger partial charge in [0.1, 0.15) is 4.32 Å². The van der Waals surface area contributed by atoms with Crippen LogP contribution in [0.2, 0.25) is 0 Å². The first kappa shape index (κ1) is 15.7. The summed E-state index contributed by atoms with van der Waals surface area (Å²) in [5.74, 6) is -1.01. The molecule has 0 bridgehead atoms. The highest BCUT2D eigenvalue weighted by atomic mass is 79.9. The van der Waals surface area contributed by atoms with Gasteiger partial charge in [-0.2, -0.15) is 0 Å². The van der Waals surface area contributed by atoms with Gasteiger partial charge in [-0.15, -0.1) is 11.3 Å².